The van der Waals surface area contributed by atoms with Crippen molar-refractivity contribution in [3.05, 3.63) is 55.1 Å². The number of benzene rings is 1. The van der Waals surface area contributed by atoms with E-state index in [0.29, 0.717) is 6.61 Å². The fourth-order valence-electron chi connectivity index (χ4n) is 2.85. The number of nitrogens with two attached hydrogens (primary N) is 1. The van der Waals surface area contributed by atoms with E-state index < -0.39 is 0 Å². The molecule has 0 aliphatic rings. The van der Waals surface area contributed by atoms with Gasteiger partial charge in [0.15, 0.2) is 0 Å². The smallest absolute Gasteiger partial charge is 0.127 e. The number of methoxy groups -OCH3 is 1. The van der Waals surface area contributed by atoms with Crippen LogP contribution < -0.4 is 5.73 Å². The average molecular weight is 395 g/mol. The molecular formula is C20H18N4OS2. The molecule has 0 saturated carbocycles. The summed E-state index contributed by atoms with van der Waals surface area (Å²) >= 11 is 3.33. The Morgan fingerprint density at radius 3 is 2.63 bits per heavy atom. The van der Waals surface area contributed by atoms with Crippen LogP contribution in [0, 0.1) is 0 Å². The summed E-state index contributed by atoms with van der Waals surface area (Å²) < 4.78 is 6.24. The fourth-order valence-corrected chi connectivity index (χ4v) is 5.12. The van der Waals surface area contributed by atoms with E-state index in [1.54, 1.807) is 42.6 Å². The molecule has 2 N–H and O–H groups in total. The Hall–Kier alpha value is -2.48. The lowest BCUT2D eigenvalue weighted by molar-refractivity contribution is 0.218. The van der Waals surface area contributed by atoms with Gasteiger partial charge in [0.1, 0.15) is 11.2 Å². The highest BCUT2D eigenvalue weighted by molar-refractivity contribution is 8.01. The molecule has 0 atom stereocenters. The van der Waals surface area contributed by atoms with Crippen LogP contribution in [0.25, 0.3) is 32.6 Å². The molecule has 0 bridgehead atoms. The van der Waals surface area contributed by atoms with E-state index >= 15 is 0 Å². The Bertz CT molecular complexity index is 1050. The molecule has 0 fully saturated rings. The van der Waals surface area contributed by atoms with Crippen molar-refractivity contribution >= 4 is 39.0 Å². The van der Waals surface area contributed by atoms with E-state index in [9.17, 15) is 0 Å². The van der Waals surface area contributed by atoms with Gasteiger partial charge in [-0.1, -0.05) is 30.3 Å². The molecule has 3 heterocycles. The van der Waals surface area contributed by atoms with Crippen LogP contribution in [-0.4, -0.2) is 34.4 Å². The van der Waals surface area contributed by atoms with Gasteiger partial charge < -0.3 is 10.5 Å². The van der Waals surface area contributed by atoms with Gasteiger partial charge in [-0.15, -0.1) is 23.1 Å². The molecule has 4 rings (SSSR count). The Balaban J connectivity index is 1.91. The monoisotopic (exact) mass is 394 g/mol. The summed E-state index contributed by atoms with van der Waals surface area (Å²) in [5, 5.41) is 1.01. The highest BCUT2D eigenvalue weighted by Crippen LogP contribution is 2.44. The molecule has 4 aromatic rings. The molecule has 27 heavy (non-hydrogen) atoms. The summed E-state index contributed by atoms with van der Waals surface area (Å²) in [5.74, 6) is 0.855. The van der Waals surface area contributed by atoms with Gasteiger partial charge in [0.25, 0.3) is 0 Å². The molecule has 136 valence electrons. The third-order valence-corrected chi connectivity index (χ3v) is 6.48. The van der Waals surface area contributed by atoms with Crippen molar-refractivity contribution < 1.29 is 4.74 Å². The first-order chi connectivity index (χ1) is 13.3. The van der Waals surface area contributed by atoms with Crippen molar-refractivity contribution in [1.82, 2.24) is 15.0 Å². The molecule has 0 aliphatic heterocycles. The number of anilines is 1. The second kappa shape index (κ2) is 8.04. The van der Waals surface area contributed by atoms with E-state index in [1.807, 2.05) is 18.2 Å². The van der Waals surface area contributed by atoms with Gasteiger partial charge in [0.05, 0.1) is 22.2 Å². The number of fused-ring (bicyclic) bond motifs is 1. The SMILES string of the molecule is COCCSc1sc2nc(-c3cncnc3)cc(-c3ccccc3)c2c1N. The lowest BCUT2D eigenvalue weighted by Crippen LogP contribution is -1.93. The molecule has 1 aromatic carbocycles. The number of hydrogen-bond donors (Lipinski definition) is 1. The number of nitrogens with zero attached hydrogens (tertiary/aromatic N) is 3. The minimum atomic E-state index is 0.684. The van der Waals surface area contributed by atoms with Crippen molar-refractivity contribution in [1.29, 1.82) is 0 Å². The summed E-state index contributed by atoms with van der Waals surface area (Å²) in [6.45, 7) is 0.684. The summed E-state index contributed by atoms with van der Waals surface area (Å²) in [7, 11) is 1.71. The van der Waals surface area contributed by atoms with Gasteiger partial charge in [0.2, 0.25) is 0 Å². The zero-order valence-electron chi connectivity index (χ0n) is 14.8. The van der Waals surface area contributed by atoms with Crippen LogP contribution in [0.4, 0.5) is 5.69 Å². The van der Waals surface area contributed by atoms with Gasteiger partial charge in [-0.25, -0.2) is 15.0 Å². The van der Waals surface area contributed by atoms with Crippen molar-refractivity contribution in [3.63, 3.8) is 0 Å². The molecule has 0 radical (unpaired) electrons. The quantitative estimate of drug-likeness (QED) is 0.376. The number of ether oxygens (including phenoxy) is 1. The second-order valence-corrected chi connectivity index (χ2v) is 8.24. The second-order valence-electron chi connectivity index (χ2n) is 5.87. The Labute approximate surface area is 165 Å². The Morgan fingerprint density at radius 2 is 1.89 bits per heavy atom. The molecule has 0 unspecified atom stereocenters. The largest absolute Gasteiger partial charge is 0.397 e. The number of pyridine rings is 1. The van der Waals surface area contributed by atoms with E-state index in [1.165, 1.54) is 6.33 Å². The maximum absolute atomic E-state index is 6.53. The Morgan fingerprint density at radius 1 is 1.11 bits per heavy atom. The lowest BCUT2D eigenvalue weighted by Gasteiger charge is -2.08. The molecule has 0 amide bonds. The van der Waals surface area contributed by atoms with Gasteiger partial charge in [-0.2, -0.15) is 0 Å². The molecule has 0 spiro atoms. The minimum Gasteiger partial charge on any atom is -0.397 e. The number of thioether (sulfide) groups is 1. The first kappa shape index (κ1) is 17.9. The number of nitrogen functional groups attached to an aromatic ring is 1. The topological polar surface area (TPSA) is 73.9 Å². The van der Waals surface area contributed by atoms with Gasteiger partial charge in [-0.3, -0.25) is 0 Å². The van der Waals surface area contributed by atoms with Crippen LogP contribution >= 0.6 is 23.1 Å². The highest BCUT2D eigenvalue weighted by atomic mass is 32.2. The highest BCUT2D eigenvalue weighted by Gasteiger charge is 2.18. The molecule has 5 nitrogen and oxygen atoms in total. The van der Waals surface area contributed by atoms with Crippen LogP contribution in [0.15, 0.2) is 59.3 Å². The molecule has 0 aliphatic carbocycles. The molecular weight excluding hydrogens is 376 g/mol. The van der Waals surface area contributed by atoms with Crippen LogP contribution in [0.3, 0.4) is 0 Å². The standard InChI is InChI=1S/C20H18N4OS2/c1-25-7-8-26-20-18(21)17-15(13-5-3-2-4-6-13)9-16(24-19(17)27-20)14-10-22-12-23-11-14/h2-6,9-12H,7-8,21H2,1H3. The van der Waals surface area contributed by atoms with E-state index in [4.69, 9.17) is 15.5 Å². The van der Waals surface area contributed by atoms with Crippen LogP contribution in [-0.2, 0) is 4.74 Å². The summed E-state index contributed by atoms with van der Waals surface area (Å²) in [6.07, 6.45) is 5.08. The molecule has 7 heteroatoms. The first-order valence-corrected chi connectivity index (χ1v) is 10.2. The molecule has 3 aromatic heterocycles. The van der Waals surface area contributed by atoms with E-state index in [2.05, 4.69) is 28.2 Å². The number of thiophene rings is 1. The van der Waals surface area contributed by atoms with Crippen molar-refractivity contribution in [2.24, 2.45) is 0 Å². The minimum absolute atomic E-state index is 0.684. The van der Waals surface area contributed by atoms with Gasteiger partial charge in [-0.05, 0) is 17.2 Å². The summed E-state index contributed by atoms with van der Waals surface area (Å²) in [4.78, 5) is 14.0. The van der Waals surface area contributed by atoms with Crippen LogP contribution in [0.2, 0.25) is 0 Å². The lowest BCUT2D eigenvalue weighted by atomic mass is 10.0. The third kappa shape index (κ3) is 3.66. The van der Waals surface area contributed by atoms with E-state index in [-0.39, 0.29) is 0 Å². The zero-order chi connectivity index (χ0) is 18.6. The van der Waals surface area contributed by atoms with Crippen molar-refractivity contribution in [3.8, 4) is 22.4 Å². The number of rotatable bonds is 6. The van der Waals surface area contributed by atoms with Crippen molar-refractivity contribution in [2.75, 3.05) is 25.2 Å². The van der Waals surface area contributed by atoms with Gasteiger partial charge in [0, 0.05) is 36.2 Å². The first-order valence-electron chi connectivity index (χ1n) is 8.43. The number of hydrogen-bond acceptors (Lipinski definition) is 7. The third-order valence-electron chi connectivity index (χ3n) is 4.13. The average Bonchev–Trinajstić information content (AvgIpc) is 3.04. The fraction of sp³-hybridized carbons (Fsp3) is 0.150. The molecule has 0 saturated heterocycles. The zero-order valence-corrected chi connectivity index (χ0v) is 16.4. The normalized spacial score (nSPS) is 11.1. The maximum atomic E-state index is 6.53. The maximum Gasteiger partial charge on any atom is 0.127 e. The summed E-state index contributed by atoms with van der Waals surface area (Å²) in [6, 6.07) is 12.3. The van der Waals surface area contributed by atoms with Crippen LogP contribution in [0.5, 0.6) is 0 Å². The van der Waals surface area contributed by atoms with E-state index in [0.717, 1.165) is 48.3 Å². The van der Waals surface area contributed by atoms with Crippen molar-refractivity contribution in [2.45, 2.75) is 4.21 Å². The van der Waals surface area contributed by atoms with Crippen LogP contribution in [0.1, 0.15) is 0 Å². The summed E-state index contributed by atoms with van der Waals surface area (Å²) in [5.41, 5.74) is 11.2. The Kier molecular flexibility index (Phi) is 5.33. The predicted molar refractivity (Wildman–Crippen MR) is 113 cm³/mol. The van der Waals surface area contributed by atoms with Gasteiger partial charge >= 0.3 is 0 Å². The number of aromatic nitrogens is 3. The predicted octanol–water partition coefficient (Wildman–Crippen LogP) is 4.74.